The number of carbonyl (C=O) groups is 2. The molecule has 2 unspecified atom stereocenters. The molecule has 0 saturated heterocycles. The Morgan fingerprint density at radius 1 is 1.28 bits per heavy atom. The molecule has 0 radical (unpaired) electrons. The van der Waals surface area contributed by atoms with Crippen molar-refractivity contribution in [1.82, 2.24) is 0 Å². The lowest BCUT2D eigenvalue weighted by molar-refractivity contribution is -0.146. The fourth-order valence-electron chi connectivity index (χ4n) is 1.69. The second kappa shape index (κ2) is 5.89. The van der Waals surface area contributed by atoms with E-state index in [2.05, 4.69) is 4.74 Å². The maximum absolute atomic E-state index is 11.5. The Kier molecular flexibility index (Phi) is 4.76. The largest absolute Gasteiger partial charge is 0.509 e. The molecule has 102 valence electrons. The van der Waals surface area contributed by atoms with Gasteiger partial charge in [0.25, 0.3) is 0 Å². The summed E-state index contributed by atoms with van der Waals surface area (Å²) in [4.78, 5) is 22.9. The number of rotatable bonds is 2. The molecule has 18 heavy (non-hydrogen) atoms. The smallest absolute Gasteiger partial charge is 0.469 e. The van der Waals surface area contributed by atoms with E-state index in [4.69, 9.17) is 9.47 Å². The Balaban J connectivity index is 2.48. The van der Waals surface area contributed by atoms with E-state index >= 15 is 0 Å². The van der Waals surface area contributed by atoms with Crippen molar-refractivity contribution in [2.45, 2.75) is 45.3 Å². The summed E-state index contributed by atoms with van der Waals surface area (Å²) < 4.78 is 14.9. The maximum Gasteiger partial charge on any atom is 0.509 e. The first kappa shape index (κ1) is 14.5. The van der Waals surface area contributed by atoms with Crippen LogP contribution in [0.1, 0.15) is 33.6 Å². The summed E-state index contributed by atoms with van der Waals surface area (Å²) >= 11 is 0. The summed E-state index contributed by atoms with van der Waals surface area (Å²) in [7, 11) is 1.35. The van der Waals surface area contributed by atoms with Crippen molar-refractivity contribution in [1.29, 1.82) is 0 Å². The van der Waals surface area contributed by atoms with Crippen molar-refractivity contribution in [2.75, 3.05) is 7.11 Å². The van der Waals surface area contributed by atoms with Crippen molar-refractivity contribution in [3.8, 4) is 0 Å². The molecule has 0 aromatic heterocycles. The second-order valence-corrected chi connectivity index (χ2v) is 5.24. The first-order valence-electron chi connectivity index (χ1n) is 5.96. The van der Waals surface area contributed by atoms with Gasteiger partial charge in [0.1, 0.15) is 11.7 Å². The lowest BCUT2D eigenvalue weighted by atomic mass is 9.93. The van der Waals surface area contributed by atoms with Crippen LogP contribution in [0.4, 0.5) is 4.79 Å². The Morgan fingerprint density at radius 3 is 2.50 bits per heavy atom. The summed E-state index contributed by atoms with van der Waals surface area (Å²) in [6.07, 6.45) is 3.48. The van der Waals surface area contributed by atoms with E-state index in [9.17, 15) is 9.59 Å². The minimum atomic E-state index is -0.720. The molecule has 5 nitrogen and oxygen atoms in total. The fourth-order valence-corrected chi connectivity index (χ4v) is 1.69. The molecule has 0 bridgehead atoms. The van der Waals surface area contributed by atoms with Crippen molar-refractivity contribution in [3.05, 3.63) is 12.2 Å². The zero-order chi connectivity index (χ0) is 13.8. The number of esters is 1. The maximum atomic E-state index is 11.5. The molecule has 0 fully saturated rings. The van der Waals surface area contributed by atoms with E-state index in [0.717, 1.165) is 0 Å². The highest BCUT2D eigenvalue weighted by Gasteiger charge is 2.28. The third-order valence-electron chi connectivity index (χ3n) is 2.46. The van der Waals surface area contributed by atoms with Crippen LogP contribution in [0.15, 0.2) is 12.2 Å². The van der Waals surface area contributed by atoms with Gasteiger partial charge < -0.3 is 14.2 Å². The predicted octanol–water partition coefficient (Wildman–Crippen LogP) is 2.45. The zero-order valence-electron chi connectivity index (χ0n) is 11.3. The standard InChI is InChI=1S/C13H20O5/c1-13(2,3)18-12(15)17-10-7-5-6-9(8-10)11(14)16-4/h5,7,9-10H,6,8H2,1-4H3. The van der Waals surface area contributed by atoms with Crippen molar-refractivity contribution in [2.24, 2.45) is 5.92 Å². The van der Waals surface area contributed by atoms with Crippen LogP contribution in [0.3, 0.4) is 0 Å². The minimum absolute atomic E-state index is 0.257. The highest BCUT2D eigenvalue weighted by atomic mass is 16.7. The molecule has 1 aliphatic rings. The number of ether oxygens (including phenoxy) is 3. The number of hydrogen-bond acceptors (Lipinski definition) is 5. The van der Waals surface area contributed by atoms with Crippen LogP contribution in [0.2, 0.25) is 0 Å². The molecule has 0 aliphatic heterocycles. The first-order valence-corrected chi connectivity index (χ1v) is 5.96. The quantitative estimate of drug-likeness (QED) is 0.561. The average Bonchev–Trinajstić information content (AvgIpc) is 2.25. The summed E-state index contributed by atoms with van der Waals surface area (Å²) in [6, 6.07) is 0. The second-order valence-electron chi connectivity index (χ2n) is 5.24. The van der Waals surface area contributed by atoms with Gasteiger partial charge in [-0.05, 0) is 33.3 Å². The van der Waals surface area contributed by atoms with Crippen LogP contribution >= 0.6 is 0 Å². The first-order chi connectivity index (χ1) is 8.31. The molecule has 0 amide bonds. The number of methoxy groups -OCH3 is 1. The van der Waals surface area contributed by atoms with Crippen LogP contribution < -0.4 is 0 Å². The van der Waals surface area contributed by atoms with Gasteiger partial charge >= 0.3 is 12.1 Å². The van der Waals surface area contributed by atoms with Gasteiger partial charge in [0.2, 0.25) is 0 Å². The molecule has 5 heteroatoms. The van der Waals surface area contributed by atoms with Gasteiger partial charge in [-0.2, -0.15) is 0 Å². The van der Waals surface area contributed by atoms with E-state index < -0.39 is 17.9 Å². The monoisotopic (exact) mass is 256 g/mol. The summed E-state index contributed by atoms with van der Waals surface area (Å²) in [6.45, 7) is 5.30. The van der Waals surface area contributed by atoms with Gasteiger partial charge in [0, 0.05) is 6.42 Å². The Labute approximate surface area is 107 Å². The van der Waals surface area contributed by atoms with E-state index in [0.29, 0.717) is 12.8 Å². The SMILES string of the molecule is COC(=O)C1CC=CC(OC(=O)OC(C)(C)C)C1. The zero-order valence-corrected chi connectivity index (χ0v) is 11.3. The fraction of sp³-hybridized carbons (Fsp3) is 0.692. The Morgan fingerprint density at radius 2 is 1.94 bits per heavy atom. The molecule has 0 spiro atoms. The molecule has 0 N–H and O–H groups in total. The molecule has 0 saturated carbocycles. The predicted molar refractivity (Wildman–Crippen MR) is 65.0 cm³/mol. The van der Waals surface area contributed by atoms with Crippen LogP contribution in [0.25, 0.3) is 0 Å². The highest BCUT2D eigenvalue weighted by Crippen LogP contribution is 2.23. The molecule has 0 heterocycles. The van der Waals surface area contributed by atoms with Gasteiger partial charge in [0.15, 0.2) is 0 Å². The average molecular weight is 256 g/mol. The third-order valence-corrected chi connectivity index (χ3v) is 2.46. The minimum Gasteiger partial charge on any atom is -0.469 e. The van der Waals surface area contributed by atoms with Crippen LogP contribution in [-0.4, -0.2) is 30.9 Å². The summed E-state index contributed by atoms with van der Waals surface area (Å²) in [5, 5.41) is 0. The molecule has 0 aromatic carbocycles. The topological polar surface area (TPSA) is 61.8 Å². The Hall–Kier alpha value is -1.52. The molecular weight excluding hydrogens is 236 g/mol. The molecular formula is C13H20O5. The number of carbonyl (C=O) groups excluding carboxylic acids is 2. The lowest BCUT2D eigenvalue weighted by Crippen LogP contribution is -2.30. The summed E-state index contributed by atoms with van der Waals surface area (Å²) in [5.74, 6) is -0.537. The van der Waals surface area contributed by atoms with Crippen LogP contribution in [-0.2, 0) is 19.0 Å². The van der Waals surface area contributed by atoms with E-state index in [1.807, 2.05) is 6.08 Å². The van der Waals surface area contributed by atoms with Gasteiger partial charge in [-0.25, -0.2) is 4.79 Å². The van der Waals surface area contributed by atoms with E-state index in [1.165, 1.54) is 7.11 Å². The van der Waals surface area contributed by atoms with Gasteiger partial charge in [-0.15, -0.1) is 0 Å². The lowest BCUT2D eigenvalue weighted by Gasteiger charge is -2.25. The number of hydrogen-bond donors (Lipinski definition) is 0. The normalized spacial score (nSPS) is 23.3. The van der Waals surface area contributed by atoms with Crippen LogP contribution in [0, 0.1) is 5.92 Å². The van der Waals surface area contributed by atoms with Crippen molar-refractivity contribution >= 4 is 12.1 Å². The summed E-state index contributed by atoms with van der Waals surface area (Å²) in [5.41, 5.74) is -0.586. The van der Waals surface area contributed by atoms with Gasteiger partial charge in [0.05, 0.1) is 13.0 Å². The highest BCUT2D eigenvalue weighted by molar-refractivity contribution is 5.73. The van der Waals surface area contributed by atoms with Crippen LogP contribution in [0.5, 0.6) is 0 Å². The number of allylic oxidation sites excluding steroid dienone is 1. The molecule has 1 rings (SSSR count). The third kappa shape index (κ3) is 4.77. The van der Waals surface area contributed by atoms with Crippen molar-refractivity contribution in [3.63, 3.8) is 0 Å². The van der Waals surface area contributed by atoms with E-state index in [-0.39, 0.29) is 11.9 Å². The molecule has 0 aromatic rings. The van der Waals surface area contributed by atoms with Crippen molar-refractivity contribution < 1.29 is 23.8 Å². The molecule has 2 atom stereocenters. The van der Waals surface area contributed by atoms with Gasteiger partial charge in [-0.3, -0.25) is 4.79 Å². The van der Waals surface area contributed by atoms with Gasteiger partial charge in [-0.1, -0.05) is 6.08 Å². The Bertz CT molecular complexity index is 340. The molecule has 1 aliphatic carbocycles. The van der Waals surface area contributed by atoms with E-state index in [1.54, 1.807) is 26.8 Å².